The van der Waals surface area contributed by atoms with Crippen LogP contribution in [0.25, 0.3) is 0 Å². The molecule has 0 aliphatic rings. The van der Waals surface area contributed by atoms with Gasteiger partial charge < -0.3 is 10.6 Å². The van der Waals surface area contributed by atoms with Gasteiger partial charge in [-0.15, -0.1) is 0 Å². The quantitative estimate of drug-likeness (QED) is 0.526. The number of hydrogen-bond acceptors (Lipinski definition) is 6. The van der Waals surface area contributed by atoms with E-state index >= 15 is 0 Å². The Bertz CT molecular complexity index is 1130. The van der Waals surface area contributed by atoms with E-state index in [1.54, 1.807) is 19.1 Å². The topological polar surface area (TPSA) is 114 Å². The van der Waals surface area contributed by atoms with Crippen molar-refractivity contribution >= 4 is 67.0 Å². The molecule has 2 aromatic carbocycles. The predicted octanol–water partition coefficient (Wildman–Crippen LogP) is 4.40. The molecule has 4 N–H and O–H groups in total. The van der Waals surface area contributed by atoms with Gasteiger partial charge in [-0.05, 0) is 31.2 Å². The fourth-order valence-corrected chi connectivity index (χ4v) is 4.45. The van der Waals surface area contributed by atoms with Crippen LogP contribution in [-0.4, -0.2) is 19.3 Å². The molecule has 0 saturated carbocycles. The number of benzene rings is 2. The van der Waals surface area contributed by atoms with Gasteiger partial charge in [0.2, 0.25) is 10.0 Å². The average Bonchev–Trinajstić information content (AvgIpc) is 2.98. The summed E-state index contributed by atoms with van der Waals surface area (Å²) >= 11 is 13.4. The molecule has 28 heavy (non-hydrogen) atoms. The number of primary sulfonamides is 1. The molecule has 0 radical (unpaired) electrons. The van der Waals surface area contributed by atoms with Crippen molar-refractivity contribution in [2.24, 2.45) is 5.14 Å². The molecule has 0 fully saturated rings. The van der Waals surface area contributed by atoms with Gasteiger partial charge in [-0.25, -0.2) is 18.5 Å². The molecule has 1 aromatic heterocycles. The lowest BCUT2D eigenvalue weighted by molar-refractivity contribution is 0.103. The van der Waals surface area contributed by atoms with E-state index in [1.165, 1.54) is 12.1 Å². The van der Waals surface area contributed by atoms with Gasteiger partial charge in [-0.2, -0.15) is 0 Å². The molecule has 11 heteroatoms. The molecule has 3 rings (SSSR count). The van der Waals surface area contributed by atoms with E-state index in [0.717, 1.165) is 11.3 Å². The third-order valence-electron chi connectivity index (χ3n) is 3.61. The van der Waals surface area contributed by atoms with E-state index in [0.29, 0.717) is 21.4 Å². The molecule has 1 heterocycles. The van der Waals surface area contributed by atoms with Gasteiger partial charge in [0.1, 0.15) is 4.88 Å². The zero-order valence-electron chi connectivity index (χ0n) is 14.4. The molecule has 3 aromatic rings. The first-order valence-corrected chi connectivity index (χ1v) is 10.9. The van der Waals surface area contributed by atoms with E-state index in [1.807, 2.05) is 18.2 Å². The van der Waals surface area contributed by atoms with Crippen molar-refractivity contribution in [2.75, 3.05) is 10.6 Å². The van der Waals surface area contributed by atoms with Crippen LogP contribution >= 0.6 is 34.5 Å². The minimum atomic E-state index is -3.94. The second-order valence-electron chi connectivity index (χ2n) is 5.69. The Morgan fingerprint density at radius 1 is 1.14 bits per heavy atom. The van der Waals surface area contributed by atoms with Gasteiger partial charge >= 0.3 is 0 Å². The maximum atomic E-state index is 12.5. The number of para-hydroxylation sites is 1. The molecule has 7 nitrogen and oxygen atoms in total. The fraction of sp³-hybridized carbons (Fsp3) is 0.0588. The standard InChI is InChI=1S/C17H14Cl2N4O3S2/c1-9-15(16(24)22-10-5-3-2-4-6-10)27-17(21-9)23-14-12(18)7-11(8-13(14)19)28(20,25)26/h2-8H,1H3,(H,21,23)(H,22,24)(H2,20,25,26). The normalized spacial score (nSPS) is 11.3. The van der Waals surface area contributed by atoms with Crippen molar-refractivity contribution in [3.63, 3.8) is 0 Å². The first-order chi connectivity index (χ1) is 13.1. The predicted molar refractivity (Wildman–Crippen MR) is 112 cm³/mol. The molecule has 0 spiro atoms. The Balaban J connectivity index is 1.85. The number of thiazole rings is 1. The van der Waals surface area contributed by atoms with Crippen LogP contribution in [0.4, 0.5) is 16.5 Å². The number of amides is 1. The molecule has 146 valence electrons. The van der Waals surface area contributed by atoms with Crippen molar-refractivity contribution in [2.45, 2.75) is 11.8 Å². The van der Waals surface area contributed by atoms with Gasteiger partial charge in [-0.3, -0.25) is 4.79 Å². The molecule has 0 bridgehead atoms. The lowest BCUT2D eigenvalue weighted by Crippen LogP contribution is -2.12. The van der Waals surface area contributed by atoms with Crippen LogP contribution in [0.5, 0.6) is 0 Å². The van der Waals surface area contributed by atoms with Crippen molar-refractivity contribution < 1.29 is 13.2 Å². The third-order valence-corrected chi connectivity index (χ3v) is 6.17. The van der Waals surface area contributed by atoms with E-state index in [-0.39, 0.29) is 26.5 Å². The largest absolute Gasteiger partial charge is 0.329 e. The summed E-state index contributed by atoms with van der Waals surface area (Å²) < 4.78 is 22.9. The van der Waals surface area contributed by atoms with Crippen LogP contribution in [0.15, 0.2) is 47.4 Å². The molecule has 0 unspecified atom stereocenters. The highest BCUT2D eigenvalue weighted by atomic mass is 35.5. The van der Waals surface area contributed by atoms with E-state index < -0.39 is 10.0 Å². The zero-order valence-corrected chi connectivity index (χ0v) is 17.5. The summed E-state index contributed by atoms with van der Waals surface area (Å²) in [5, 5.41) is 11.3. The third kappa shape index (κ3) is 4.62. The molecular formula is C17H14Cl2N4O3S2. The van der Waals surface area contributed by atoms with Crippen LogP contribution in [-0.2, 0) is 10.0 Å². The van der Waals surface area contributed by atoms with Gasteiger partial charge in [0.25, 0.3) is 5.91 Å². The molecule has 0 saturated heterocycles. The van der Waals surface area contributed by atoms with E-state index in [9.17, 15) is 13.2 Å². The lowest BCUT2D eigenvalue weighted by atomic mass is 10.3. The van der Waals surface area contributed by atoms with Crippen LogP contribution in [0.1, 0.15) is 15.4 Å². The molecule has 0 aliphatic carbocycles. The molecule has 1 amide bonds. The van der Waals surface area contributed by atoms with Crippen LogP contribution in [0.3, 0.4) is 0 Å². The Labute approximate surface area is 175 Å². The number of halogens is 2. The molecular weight excluding hydrogens is 443 g/mol. The van der Waals surface area contributed by atoms with Crippen molar-refractivity contribution in [3.8, 4) is 0 Å². The van der Waals surface area contributed by atoms with Gasteiger partial charge in [0, 0.05) is 5.69 Å². The maximum Gasteiger partial charge on any atom is 0.267 e. The Morgan fingerprint density at radius 3 is 2.32 bits per heavy atom. The number of nitrogens with one attached hydrogen (secondary N) is 2. The number of sulfonamides is 1. The van der Waals surface area contributed by atoms with Crippen molar-refractivity contribution in [3.05, 3.63) is 63.1 Å². The minimum Gasteiger partial charge on any atom is -0.329 e. The highest BCUT2D eigenvalue weighted by molar-refractivity contribution is 7.89. The van der Waals surface area contributed by atoms with Crippen molar-refractivity contribution in [1.29, 1.82) is 0 Å². The number of carbonyl (C=O) groups is 1. The first-order valence-electron chi connectivity index (χ1n) is 7.78. The number of anilines is 3. The summed E-state index contributed by atoms with van der Waals surface area (Å²) in [7, 11) is -3.94. The van der Waals surface area contributed by atoms with Gasteiger partial charge in [0.15, 0.2) is 5.13 Å². The van der Waals surface area contributed by atoms with Crippen LogP contribution in [0.2, 0.25) is 10.0 Å². The van der Waals surface area contributed by atoms with Gasteiger partial charge in [0.05, 0.1) is 26.3 Å². The van der Waals surface area contributed by atoms with Crippen molar-refractivity contribution in [1.82, 2.24) is 4.98 Å². The summed E-state index contributed by atoms with van der Waals surface area (Å²) in [5.74, 6) is -0.295. The number of aryl methyl sites for hydroxylation is 1. The van der Waals surface area contributed by atoms with E-state index in [4.69, 9.17) is 28.3 Å². The lowest BCUT2D eigenvalue weighted by Gasteiger charge is -2.09. The Morgan fingerprint density at radius 2 is 1.75 bits per heavy atom. The minimum absolute atomic E-state index is 0.0552. The summed E-state index contributed by atoms with van der Waals surface area (Å²) in [6.07, 6.45) is 0. The number of rotatable bonds is 5. The van der Waals surface area contributed by atoms with Crippen LogP contribution in [0, 0.1) is 6.92 Å². The highest BCUT2D eigenvalue weighted by Gasteiger charge is 2.19. The SMILES string of the molecule is Cc1nc(Nc2c(Cl)cc(S(N)(=O)=O)cc2Cl)sc1C(=O)Nc1ccccc1. The fourth-order valence-electron chi connectivity index (χ4n) is 2.31. The van der Waals surface area contributed by atoms with Gasteiger partial charge in [-0.1, -0.05) is 52.7 Å². The zero-order chi connectivity index (χ0) is 20.5. The summed E-state index contributed by atoms with van der Waals surface area (Å²) in [6.45, 7) is 1.70. The first kappa shape index (κ1) is 20.6. The smallest absolute Gasteiger partial charge is 0.267 e. The number of nitrogens with zero attached hydrogens (tertiary/aromatic N) is 1. The number of hydrogen-bond donors (Lipinski definition) is 3. The monoisotopic (exact) mass is 456 g/mol. The Hall–Kier alpha value is -2.17. The molecule has 0 atom stereocenters. The Kier molecular flexibility index (Phi) is 5.92. The second-order valence-corrected chi connectivity index (χ2v) is 9.06. The summed E-state index contributed by atoms with van der Waals surface area (Å²) in [4.78, 5) is 17.0. The van der Waals surface area contributed by atoms with E-state index in [2.05, 4.69) is 15.6 Å². The number of nitrogens with two attached hydrogens (primary N) is 1. The summed E-state index contributed by atoms with van der Waals surface area (Å²) in [5.41, 5.74) is 1.45. The highest BCUT2D eigenvalue weighted by Crippen LogP contribution is 2.36. The number of carbonyl (C=O) groups excluding carboxylic acids is 1. The maximum absolute atomic E-state index is 12.5. The number of aromatic nitrogens is 1. The molecule has 0 aliphatic heterocycles. The summed E-state index contributed by atoms with van der Waals surface area (Å²) in [6, 6.07) is 11.4. The average molecular weight is 457 g/mol. The van der Waals surface area contributed by atoms with Crippen LogP contribution < -0.4 is 15.8 Å². The second kappa shape index (κ2) is 8.06.